The van der Waals surface area contributed by atoms with Gasteiger partial charge in [-0.2, -0.15) is 0 Å². The maximum atomic E-state index is 13.1. The van der Waals surface area contributed by atoms with E-state index >= 15 is 0 Å². The lowest BCUT2D eigenvalue weighted by Gasteiger charge is -2.24. The maximum absolute atomic E-state index is 13.1. The number of nitrogens with zero attached hydrogens (tertiary/aromatic N) is 3. The molecule has 0 aliphatic carbocycles. The first kappa shape index (κ1) is 14.2. The lowest BCUT2D eigenvalue weighted by molar-refractivity contribution is 0.421. The van der Waals surface area contributed by atoms with Crippen LogP contribution in [0.4, 0.5) is 4.39 Å². The second kappa shape index (κ2) is 5.19. The van der Waals surface area contributed by atoms with Gasteiger partial charge in [0, 0.05) is 31.4 Å². The molecule has 0 bridgehead atoms. The van der Waals surface area contributed by atoms with Gasteiger partial charge in [-0.3, -0.25) is 4.98 Å². The molecule has 112 valence electrons. The number of imidazole rings is 1. The molecule has 1 N–H and O–H groups in total. The van der Waals surface area contributed by atoms with Gasteiger partial charge in [0.05, 0.1) is 11.9 Å². The van der Waals surface area contributed by atoms with Crippen LogP contribution in [0.15, 0.2) is 29.6 Å². The van der Waals surface area contributed by atoms with Gasteiger partial charge < -0.3 is 4.57 Å². The normalized spacial score (nSPS) is 18.5. The number of hydrogen-bond acceptors (Lipinski definition) is 4. The number of aromatic nitrogens is 3. The minimum Gasteiger partial charge on any atom is -0.333 e. The zero-order valence-corrected chi connectivity index (χ0v) is 12.3. The smallest absolute Gasteiger partial charge is 0.242 e. The SMILES string of the molecule is Cc1cn2c(n1)CC[C@H](NS(=O)(=O)c1cncc(F)c1)C2. The molecule has 2 aromatic heterocycles. The van der Waals surface area contributed by atoms with E-state index in [4.69, 9.17) is 0 Å². The van der Waals surface area contributed by atoms with Crippen LogP contribution in [0.5, 0.6) is 0 Å². The summed E-state index contributed by atoms with van der Waals surface area (Å²) in [4.78, 5) is 7.79. The van der Waals surface area contributed by atoms with Crippen molar-refractivity contribution in [3.05, 3.63) is 42.0 Å². The highest BCUT2D eigenvalue weighted by Crippen LogP contribution is 2.17. The number of nitrogens with one attached hydrogen (secondary N) is 1. The minimum absolute atomic E-state index is 0.157. The Bertz CT molecular complexity index is 772. The molecule has 8 heteroatoms. The summed E-state index contributed by atoms with van der Waals surface area (Å²) in [6.45, 7) is 2.43. The van der Waals surface area contributed by atoms with Crippen molar-refractivity contribution in [2.75, 3.05) is 0 Å². The zero-order chi connectivity index (χ0) is 15.0. The summed E-state index contributed by atoms with van der Waals surface area (Å²) in [5.41, 5.74) is 0.919. The maximum Gasteiger partial charge on any atom is 0.242 e. The molecule has 0 spiro atoms. The molecule has 0 unspecified atom stereocenters. The quantitative estimate of drug-likeness (QED) is 0.918. The number of rotatable bonds is 3. The monoisotopic (exact) mass is 310 g/mol. The summed E-state index contributed by atoms with van der Waals surface area (Å²) in [6, 6.07) is 0.727. The van der Waals surface area contributed by atoms with Crippen LogP contribution in [-0.4, -0.2) is 29.0 Å². The Kier molecular flexibility index (Phi) is 3.50. The van der Waals surface area contributed by atoms with Gasteiger partial charge in [-0.05, 0) is 19.4 Å². The molecule has 21 heavy (non-hydrogen) atoms. The molecule has 1 aliphatic heterocycles. The number of aryl methyl sites for hydroxylation is 2. The van der Waals surface area contributed by atoms with E-state index in [-0.39, 0.29) is 10.9 Å². The van der Waals surface area contributed by atoms with Crippen molar-refractivity contribution in [3.8, 4) is 0 Å². The van der Waals surface area contributed by atoms with Crippen molar-refractivity contribution in [3.63, 3.8) is 0 Å². The standard InChI is InChI=1S/C13H15FN4O2S/c1-9-7-18-8-11(2-3-13(18)16-9)17-21(19,20)12-4-10(14)5-15-6-12/h4-7,11,17H,2-3,8H2,1H3/t11-/m0/s1. The van der Waals surface area contributed by atoms with Gasteiger partial charge >= 0.3 is 0 Å². The summed E-state index contributed by atoms with van der Waals surface area (Å²) >= 11 is 0. The Morgan fingerprint density at radius 1 is 1.43 bits per heavy atom. The van der Waals surface area contributed by atoms with E-state index in [1.807, 2.05) is 17.7 Å². The molecule has 3 heterocycles. The lowest BCUT2D eigenvalue weighted by atomic mass is 10.1. The molecule has 0 fully saturated rings. The van der Waals surface area contributed by atoms with Crippen molar-refractivity contribution in [2.24, 2.45) is 0 Å². The molecular formula is C13H15FN4O2S. The Labute approximate surface area is 122 Å². The van der Waals surface area contributed by atoms with Crippen LogP contribution >= 0.6 is 0 Å². The third-order valence-electron chi connectivity index (χ3n) is 3.43. The minimum atomic E-state index is -3.76. The molecule has 2 aromatic rings. The molecule has 0 saturated carbocycles. The number of halogens is 1. The highest BCUT2D eigenvalue weighted by molar-refractivity contribution is 7.89. The molecule has 1 atom stereocenters. The van der Waals surface area contributed by atoms with Crippen molar-refractivity contribution in [1.82, 2.24) is 19.3 Å². The zero-order valence-electron chi connectivity index (χ0n) is 11.5. The van der Waals surface area contributed by atoms with Crippen LogP contribution in [0.2, 0.25) is 0 Å². The molecule has 6 nitrogen and oxygen atoms in total. The molecule has 3 rings (SSSR count). The lowest BCUT2D eigenvalue weighted by Crippen LogP contribution is -2.40. The topological polar surface area (TPSA) is 76.9 Å². The fraction of sp³-hybridized carbons (Fsp3) is 0.385. The van der Waals surface area contributed by atoms with Crippen LogP contribution in [0.3, 0.4) is 0 Å². The van der Waals surface area contributed by atoms with Gasteiger partial charge in [-0.1, -0.05) is 0 Å². The summed E-state index contributed by atoms with van der Waals surface area (Å²) in [6.07, 6.45) is 5.39. The van der Waals surface area contributed by atoms with Crippen LogP contribution in [0.1, 0.15) is 17.9 Å². The van der Waals surface area contributed by atoms with E-state index in [2.05, 4.69) is 14.7 Å². The van der Waals surface area contributed by atoms with Crippen LogP contribution in [0, 0.1) is 12.7 Å². The predicted octanol–water partition coefficient (Wildman–Crippen LogP) is 1.02. The third-order valence-corrected chi connectivity index (χ3v) is 4.91. The summed E-state index contributed by atoms with van der Waals surface area (Å²) in [5.74, 6) is 0.296. The molecule has 0 saturated heterocycles. The molecule has 0 amide bonds. The van der Waals surface area contributed by atoms with Gasteiger partial charge in [-0.15, -0.1) is 0 Å². The van der Waals surface area contributed by atoms with Crippen molar-refractivity contribution in [1.29, 1.82) is 0 Å². The average molecular weight is 310 g/mol. The fourth-order valence-electron chi connectivity index (χ4n) is 2.51. The predicted molar refractivity (Wildman–Crippen MR) is 73.6 cm³/mol. The van der Waals surface area contributed by atoms with E-state index in [1.54, 1.807) is 0 Å². The molecular weight excluding hydrogens is 295 g/mol. The second-order valence-corrected chi connectivity index (χ2v) is 6.86. The number of sulfonamides is 1. The van der Waals surface area contributed by atoms with E-state index < -0.39 is 15.8 Å². The van der Waals surface area contributed by atoms with E-state index in [1.165, 1.54) is 0 Å². The second-order valence-electron chi connectivity index (χ2n) is 5.15. The van der Waals surface area contributed by atoms with Crippen molar-refractivity contribution in [2.45, 2.75) is 37.2 Å². The van der Waals surface area contributed by atoms with E-state index in [0.717, 1.165) is 30.0 Å². The Morgan fingerprint density at radius 3 is 3.00 bits per heavy atom. The first-order valence-corrected chi connectivity index (χ1v) is 8.08. The number of fused-ring (bicyclic) bond motifs is 1. The Morgan fingerprint density at radius 2 is 2.24 bits per heavy atom. The Balaban J connectivity index is 1.78. The average Bonchev–Trinajstić information content (AvgIpc) is 2.77. The van der Waals surface area contributed by atoms with Gasteiger partial charge in [0.15, 0.2) is 0 Å². The molecule has 1 aliphatic rings. The van der Waals surface area contributed by atoms with Crippen LogP contribution < -0.4 is 4.72 Å². The highest BCUT2D eigenvalue weighted by atomic mass is 32.2. The number of hydrogen-bond donors (Lipinski definition) is 1. The van der Waals surface area contributed by atoms with Crippen LogP contribution in [0.25, 0.3) is 0 Å². The number of pyridine rings is 1. The highest BCUT2D eigenvalue weighted by Gasteiger charge is 2.25. The van der Waals surface area contributed by atoms with Gasteiger partial charge in [-0.25, -0.2) is 22.5 Å². The van der Waals surface area contributed by atoms with Gasteiger partial charge in [0.2, 0.25) is 10.0 Å². The van der Waals surface area contributed by atoms with Crippen molar-refractivity contribution < 1.29 is 12.8 Å². The first-order chi connectivity index (χ1) is 9.94. The van der Waals surface area contributed by atoms with Crippen molar-refractivity contribution >= 4 is 10.0 Å². The summed E-state index contributed by atoms with van der Waals surface area (Å²) in [5, 5.41) is 0. The third kappa shape index (κ3) is 2.96. The van der Waals surface area contributed by atoms with Gasteiger partial charge in [0.1, 0.15) is 16.5 Å². The first-order valence-electron chi connectivity index (χ1n) is 6.59. The summed E-state index contributed by atoms with van der Waals surface area (Å²) < 4.78 is 42.1. The fourth-order valence-corrected chi connectivity index (χ4v) is 3.74. The van der Waals surface area contributed by atoms with Gasteiger partial charge in [0.25, 0.3) is 0 Å². The largest absolute Gasteiger partial charge is 0.333 e. The molecule has 0 aromatic carbocycles. The Hall–Kier alpha value is -1.80. The van der Waals surface area contributed by atoms with Crippen LogP contribution in [-0.2, 0) is 23.0 Å². The summed E-state index contributed by atoms with van der Waals surface area (Å²) in [7, 11) is -3.76. The van der Waals surface area contributed by atoms with E-state index in [9.17, 15) is 12.8 Å². The van der Waals surface area contributed by atoms with E-state index in [0.29, 0.717) is 19.4 Å². The molecule has 0 radical (unpaired) electrons.